The van der Waals surface area contributed by atoms with Gasteiger partial charge in [-0.15, -0.1) is 0 Å². The van der Waals surface area contributed by atoms with Crippen molar-refractivity contribution in [3.63, 3.8) is 0 Å². The molecular weight excluding hydrogens is 228 g/mol. The number of hydrogen-bond acceptors (Lipinski definition) is 2. The Hall–Kier alpha value is -1.59. The average molecular weight is 236 g/mol. The van der Waals surface area contributed by atoms with E-state index >= 15 is 0 Å². The molecule has 0 aliphatic carbocycles. The molecule has 16 heavy (non-hydrogen) atoms. The van der Waals surface area contributed by atoms with Crippen molar-refractivity contribution in [2.75, 3.05) is 7.11 Å². The zero-order valence-electron chi connectivity index (χ0n) is 8.48. The van der Waals surface area contributed by atoms with E-state index in [1.807, 2.05) is 0 Å². The second kappa shape index (κ2) is 4.11. The van der Waals surface area contributed by atoms with Crippen LogP contribution in [0.25, 0.3) is 0 Å². The number of carbonyl (C=O) groups is 1. The van der Waals surface area contributed by atoms with Crippen LogP contribution >= 0.6 is 0 Å². The Balaban J connectivity index is 3.35. The third-order valence-corrected chi connectivity index (χ3v) is 2.10. The molecule has 1 aromatic carbocycles. The summed E-state index contributed by atoms with van der Waals surface area (Å²) in [6.45, 7) is 0.963. The molecule has 0 saturated carbocycles. The maximum Gasteiger partial charge on any atom is 0.416 e. The van der Waals surface area contributed by atoms with Crippen molar-refractivity contribution in [2.45, 2.75) is 13.1 Å². The van der Waals surface area contributed by atoms with Crippen LogP contribution < -0.4 is 0 Å². The first kappa shape index (κ1) is 12.5. The molecule has 0 heterocycles. The SMILES string of the molecule is COC(=O)c1ccc(C(F)(F)F)c(C)c1F. The molecule has 0 radical (unpaired) electrons. The molecule has 88 valence electrons. The summed E-state index contributed by atoms with van der Waals surface area (Å²) in [5.41, 5.74) is -2.22. The Kier molecular flexibility index (Phi) is 3.21. The lowest BCUT2D eigenvalue weighted by Gasteiger charge is -2.12. The molecule has 0 aliphatic rings. The molecule has 0 aromatic heterocycles. The first-order valence-electron chi connectivity index (χ1n) is 4.23. The van der Waals surface area contributed by atoms with Crippen molar-refractivity contribution in [2.24, 2.45) is 0 Å². The summed E-state index contributed by atoms with van der Waals surface area (Å²) in [5.74, 6) is -2.21. The molecule has 2 nitrogen and oxygen atoms in total. The first-order valence-corrected chi connectivity index (χ1v) is 4.23. The van der Waals surface area contributed by atoms with Crippen LogP contribution in [0, 0.1) is 12.7 Å². The Morgan fingerprint density at radius 3 is 2.31 bits per heavy atom. The van der Waals surface area contributed by atoms with Gasteiger partial charge in [0.15, 0.2) is 0 Å². The number of carbonyl (C=O) groups excluding carboxylic acids is 1. The first-order chi connectivity index (χ1) is 7.29. The fraction of sp³-hybridized carbons (Fsp3) is 0.300. The number of rotatable bonds is 1. The van der Waals surface area contributed by atoms with E-state index in [0.29, 0.717) is 6.07 Å². The number of alkyl halides is 3. The van der Waals surface area contributed by atoms with Gasteiger partial charge in [-0.2, -0.15) is 13.2 Å². The Morgan fingerprint density at radius 2 is 1.88 bits per heavy atom. The van der Waals surface area contributed by atoms with Gasteiger partial charge in [-0.25, -0.2) is 9.18 Å². The second-order valence-electron chi connectivity index (χ2n) is 3.09. The molecule has 0 bridgehead atoms. The third kappa shape index (κ3) is 2.15. The average Bonchev–Trinajstić information content (AvgIpc) is 2.19. The summed E-state index contributed by atoms with van der Waals surface area (Å²) in [7, 11) is 1.02. The van der Waals surface area contributed by atoms with Gasteiger partial charge in [0, 0.05) is 0 Å². The number of halogens is 4. The van der Waals surface area contributed by atoms with Crippen molar-refractivity contribution in [1.82, 2.24) is 0 Å². The Bertz CT molecular complexity index is 424. The molecule has 0 spiro atoms. The molecule has 0 N–H and O–H groups in total. The normalized spacial score (nSPS) is 11.4. The molecule has 6 heteroatoms. The van der Waals surface area contributed by atoms with E-state index in [-0.39, 0.29) is 0 Å². The van der Waals surface area contributed by atoms with Gasteiger partial charge >= 0.3 is 12.1 Å². The maximum atomic E-state index is 13.4. The predicted octanol–water partition coefficient (Wildman–Crippen LogP) is 2.94. The fourth-order valence-electron chi connectivity index (χ4n) is 1.26. The van der Waals surface area contributed by atoms with Crippen LogP contribution in [0.4, 0.5) is 17.6 Å². The topological polar surface area (TPSA) is 26.3 Å². The van der Waals surface area contributed by atoms with E-state index in [9.17, 15) is 22.4 Å². The number of ether oxygens (including phenoxy) is 1. The molecule has 1 rings (SSSR count). The van der Waals surface area contributed by atoms with E-state index in [1.165, 1.54) is 0 Å². The van der Waals surface area contributed by atoms with Gasteiger partial charge < -0.3 is 4.74 Å². The van der Waals surface area contributed by atoms with Gasteiger partial charge in [-0.1, -0.05) is 0 Å². The van der Waals surface area contributed by atoms with E-state index in [1.54, 1.807) is 0 Å². The van der Waals surface area contributed by atoms with E-state index in [0.717, 1.165) is 20.1 Å². The minimum absolute atomic E-state index is 0.506. The zero-order valence-corrected chi connectivity index (χ0v) is 8.48. The highest BCUT2D eigenvalue weighted by molar-refractivity contribution is 5.90. The third-order valence-electron chi connectivity index (χ3n) is 2.10. The number of methoxy groups -OCH3 is 1. The summed E-state index contributed by atoms with van der Waals surface area (Å²) in [5, 5.41) is 0. The van der Waals surface area contributed by atoms with E-state index in [2.05, 4.69) is 4.74 Å². The smallest absolute Gasteiger partial charge is 0.416 e. The van der Waals surface area contributed by atoms with Crippen molar-refractivity contribution < 1.29 is 27.1 Å². The molecule has 0 aliphatic heterocycles. The van der Waals surface area contributed by atoms with Crippen molar-refractivity contribution in [3.8, 4) is 0 Å². The molecule has 0 fully saturated rings. The number of esters is 1. The van der Waals surface area contributed by atoms with E-state index < -0.39 is 34.7 Å². The summed E-state index contributed by atoms with van der Waals surface area (Å²) < 4.78 is 54.7. The minimum Gasteiger partial charge on any atom is -0.465 e. The highest BCUT2D eigenvalue weighted by atomic mass is 19.4. The summed E-state index contributed by atoms with van der Waals surface area (Å²) in [4.78, 5) is 11.0. The van der Waals surface area contributed by atoms with Crippen LogP contribution in [0.1, 0.15) is 21.5 Å². The van der Waals surface area contributed by atoms with Crippen LogP contribution in [-0.4, -0.2) is 13.1 Å². The van der Waals surface area contributed by atoms with Gasteiger partial charge in [0.1, 0.15) is 5.82 Å². The van der Waals surface area contributed by atoms with Crippen LogP contribution in [0.15, 0.2) is 12.1 Å². The standard InChI is InChI=1S/C10H8F4O2/c1-5-7(10(12,13)14)4-3-6(8(5)11)9(15)16-2/h3-4H,1-2H3. The van der Waals surface area contributed by atoms with Crippen LogP contribution in [0.3, 0.4) is 0 Å². The van der Waals surface area contributed by atoms with Gasteiger partial charge in [0.2, 0.25) is 0 Å². The summed E-state index contributed by atoms with van der Waals surface area (Å²) in [6, 6.07) is 1.42. The molecule has 0 saturated heterocycles. The number of benzene rings is 1. The van der Waals surface area contributed by atoms with Crippen LogP contribution in [-0.2, 0) is 10.9 Å². The molecule has 0 unspecified atom stereocenters. The lowest BCUT2D eigenvalue weighted by Crippen LogP contribution is -2.12. The highest BCUT2D eigenvalue weighted by Gasteiger charge is 2.34. The zero-order chi connectivity index (χ0) is 12.5. The van der Waals surface area contributed by atoms with Crippen molar-refractivity contribution in [1.29, 1.82) is 0 Å². The van der Waals surface area contributed by atoms with Gasteiger partial charge in [0.25, 0.3) is 0 Å². The van der Waals surface area contributed by atoms with Gasteiger partial charge in [-0.05, 0) is 24.6 Å². The predicted molar refractivity (Wildman–Crippen MR) is 47.5 cm³/mol. The minimum atomic E-state index is -4.64. The Morgan fingerprint density at radius 1 is 1.31 bits per heavy atom. The highest BCUT2D eigenvalue weighted by Crippen LogP contribution is 2.33. The van der Waals surface area contributed by atoms with Crippen LogP contribution in [0.5, 0.6) is 0 Å². The van der Waals surface area contributed by atoms with Crippen molar-refractivity contribution >= 4 is 5.97 Å². The fourth-order valence-corrected chi connectivity index (χ4v) is 1.26. The molecule has 0 amide bonds. The quantitative estimate of drug-likeness (QED) is 0.553. The van der Waals surface area contributed by atoms with E-state index in [4.69, 9.17) is 0 Å². The van der Waals surface area contributed by atoms with Crippen molar-refractivity contribution in [3.05, 3.63) is 34.6 Å². The second-order valence-corrected chi connectivity index (χ2v) is 3.09. The molecule has 0 atom stereocenters. The molecular formula is C10H8F4O2. The lowest BCUT2D eigenvalue weighted by molar-refractivity contribution is -0.138. The van der Waals surface area contributed by atoms with Crippen LogP contribution in [0.2, 0.25) is 0 Å². The van der Waals surface area contributed by atoms with Gasteiger partial charge in [0.05, 0.1) is 18.2 Å². The van der Waals surface area contributed by atoms with Gasteiger partial charge in [-0.3, -0.25) is 0 Å². The summed E-state index contributed by atoms with van der Waals surface area (Å²) in [6.07, 6.45) is -4.64. The largest absolute Gasteiger partial charge is 0.465 e. The monoisotopic (exact) mass is 236 g/mol. The Labute approximate surface area is 88.8 Å². The summed E-state index contributed by atoms with van der Waals surface area (Å²) >= 11 is 0. The maximum absolute atomic E-state index is 13.4. The molecule has 1 aromatic rings. The number of hydrogen-bond donors (Lipinski definition) is 0. The lowest BCUT2D eigenvalue weighted by atomic mass is 10.0.